The number of hydrogen-bond donors (Lipinski definition) is 1. The Morgan fingerprint density at radius 3 is 2.29 bits per heavy atom. The van der Waals surface area contributed by atoms with Crippen LogP contribution in [0.3, 0.4) is 0 Å². The van der Waals surface area contributed by atoms with E-state index in [0.717, 1.165) is 11.1 Å². The van der Waals surface area contributed by atoms with Crippen molar-refractivity contribution >= 4 is 15.7 Å². The molecule has 1 heterocycles. The van der Waals surface area contributed by atoms with E-state index in [9.17, 15) is 8.42 Å². The Bertz CT molecular complexity index is 974. The number of sulfonamides is 1. The minimum atomic E-state index is -3.72. The summed E-state index contributed by atoms with van der Waals surface area (Å²) in [6, 6.07) is 12.1. The van der Waals surface area contributed by atoms with Gasteiger partial charge in [-0.3, -0.25) is 4.72 Å². The highest BCUT2D eigenvalue weighted by atomic mass is 32.2. The molecule has 0 unspecified atom stereocenters. The van der Waals surface area contributed by atoms with Crippen molar-refractivity contribution in [1.82, 2.24) is 10.1 Å². The van der Waals surface area contributed by atoms with Crippen molar-refractivity contribution in [2.24, 2.45) is 0 Å². The summed E-state index contributed by atoms with van der Waals surface area (Å²) in [5.41, 5.74) is 2.90. The molecule has 0 saturated heterocycles. The summed E-state index contributed by atoms with van der Waals surface area (Å²) >= 11 is 0. The van der Waals surface area contributed by atoms with Gasteiger partial charge in [0.05, 0.1) is 10.6 Å². The number of aryl methyl sites for hydroxylation is 3. The van der Waals surface area contributed by atoms with Gasteiger partial charge in [0.2, 0.25) is 11.7 Å². The molecule has 124 valence electrons. The van der Waals surface area contributed by atoms with Crippen molar-refractivity contribution in [2.75, 3.05) is 4.72 Å². The standard InChI is InChI=1S/C17H17N3O3S/c1-11-6-4-7-12(2)16(11)20-24(21,22)15-9-5-8-14(10-15)17-18-13(3)23-19-17/h4-10,20H,1-3H3. The van der Waals surface area contributed by atoms with Gasteiger partial charge in [0.1, 0.15) is 0 Å². The molecule has 0 fully saturated rings. The van der Waals surface area contributed by atoms with Gasteiger partial charge in [0, 0.05) is 12.5 Å². The zero-order valence-electron chi connectivity index (χ0n) is 13.6. The zero-order valence-corrected chi connectivity index (χ0v) is 14.4. The second-order valence-corrected chi connectivity index (χ2v) is 7.22. The SMILES string of the molecule is Cc1nc(-c2cccc(S(=O)(=O)Nc3c(C)cccc3C)c2)no1. The Labute approximate surface area is 140 Å². The molecule has 0 atom stereocenters. The first-order valence-corrected chi connectivity index (χ1v) is 8.85. The van der Waals surface area contributed by atoms with Crippen LogP contribution >= 0.6 is 0 Å². The van der Waals surface area contributed by atoms with Crippen LogP contribution in [0.15, 0.2) is 51.9 Å². The molecule has 3 aromatic rings. The first-order chi connectivity index (χ1) is 11.4. The smallest absolute Gasteiger partial charge is 0.261 e. The molecule has 0 bridgehead atoms. The number of nitrogens with zero attached hydrogens (tertiary/aromatic N) is 2. The van der Waals surface area contributed by atoms with E-state index in [2.05, 4.69) is 14.9 Å². The number of rotatable bonds is 4. The summed E-state index contributed by atoms with van der Waals surface area (Å²) in [6.45, 7) is 5.41. The second-order valence-electron chi connectivity index (χ2n) is 5.54. The highest BCUT2D eigenvalue weighted by molar-refractivity contribution is 7.92. The molecule has 2 aromatic carbocycles. The van der Waals surface area contributed by atoms with E-state index >= 15 is 0 Å². The lowest BCUT2D eigenvalue weighted by Gasteiger charge is -2.13. The third-order valence-electron chi connectivity index (χ3n) is 3.65. The van der Waals surface area contributed by atoms with E-state index in [1.807, 2.05) is 32.0 Å². The van der Waals surface area contributed by atoms with Crippen LogP contribution in [0.4, 0.5) is 5.69 Å². The molecular formula is C17H17N3O3S. The van der Waals surface area contributed by atoms with Crippen LogP contribution < -0.4 is 4.72 Å². The lowest BCUT2D eigenvalue weighted by Crippen LogP contribution is -2.14. The third-order valence-corrected chi connectivity index (χ3v) is 5.00. The fourth-order valence-electron chi connectivity index (χ4n) is 2.39. The van der Waals surface area contributed by atoms with Crippen molar-refractivity contribution in [2.45, 2.75) is 25.7 Å². The van der Waals surface area contributed by atoms with Gasteiger partial charge in [-0.25, -0.2) is 8.42 Å². The predicted octanol–water partition coefficient (Wildman–Crippen LogP) is 3.46. The maximum atomic E-state index is 12.7. The molecule has 0 aliphatic heterocycles. The molecule has 6 nitrogen and oxygen atoms in total. The molecule has 0 aliphatic carbocycles. The molecule has 0 radical (unpaired) electrons. The summed E-state index contributed by atoms with van der Waals surface area (Å²) in [5.74, 6) is 0.781. The van der Waals surface area contributed by atoms with Gasteiger partial charge in [-0.1, -0.05) is 35.5 Å². The Morgan fingerprint density at radius 2 is 1.67 bits per heavy atom. The predicted molar refractivity (Wildman–Crippen MR) is 91.2 cm³/mol. The number of anilines is 1. The van der Waals surface area contributed by atoms with Gasteiger partial charge in [-0.15, -0.1) is 0 Å². The fourth-order valence-corrected chi connectivity index (χ4v) is 3.64. The topological polar surface area (TPSA) is 85.1 Å². The number of para-hydroxylation sites is 1. The van der Waals surface area contributed by atoms with Crippen molar-refractivity contribution in [3.8, 4) is 11.4 Å². The van der Waals surface area contributed by atoms with E-state index in [4.69, 9.17) is 4.52 Å². The van der Waals surface area contributed by atoms with E-state index in [-0.39, 0.29) is 4.90 Å². The maximum Gasteiger partial charge on any atom is 0.261 e. The number of nitrogens with one attached hydrogen (secondary N) is 1. The van der Waals surface area contributed by atoms with Gasteiger partial charge in [-0.2, -0.15) is 4.98 Å². The van der Waals surface area contributed by atoms with Crippen molar-refractivity contribution in [3.05, 3.63) is 59.5 Å². The molecule has 7 heteroatoms. The number of aromatic nitrogens is 2. The lowest BCUT2D eigenvalue weighted by atomic mass is 10.1. The Kier molecular flexibility index (Phi) is 4.11. The van der Waals surface area contributed by atoms with Crippen LogP contribution in [0.1, 0.15) is 17.0 Å². The van der Waals surface area contributed by atoms with Gasteiger partial charge in [0.25, 0.3) is 10.0 Å². The summed E-state index contributed by atoms with van der Waals surface area (Å²) in [5, 5.41) is 3.82. The van der Waals surface area contributed by atoms with Crippen LogP contribution in [0.2, 0.25) is 0 Å². The zero-order chi connectivity index (χ0) is 17.3. The normalized spacial score (nSPS) is 11.5. The second kappa shape index (κ2) is 6.09. The Balaban J connectivity index is 1.99. The van der Waals surface area contributed by atoms with Gasteiger partial charge in [0.15, 0.2) is 0 Å². The molecule has 0 saturated carbocycles. The van der Waals surface area contributed by atoms with E-state index in [0.29, 0.717) is 23.0 Å². The molecule has 1 aromatic heterocycles. The first-order valence-electron chi connectivity index (χ1n) is 7.36. The molecule has 0 spiro atoms. The van der Waals surface area contributed by atoms with E-state index in [1.54, 1.807) is 19.1 Å². The Hall–Kier alpha value is -2.67. The monoisotopic (exact) mass is 343 g/mol. The van der Waals surface area contributed by atoms with Crippen molar-refractivity contribution in [1.29, 1.82) is 0 Å². The molecule has 24 heavy (non-hydrogen) atoms. The van der Waals surface area contributed by atoms with Gasteiger partial charge < -0.3 is 4.52 Å². The Morgan fingerprint density at radius 1 is 1.00 bits per heavy atom. The van der Waals surface area contributed by atoms with Crippen molar-refractivity contribution < 1.29 is 12.9 Å². The third kappa shape index (κ3) is 3.16. The van der Waals surface area contributed by atoms with Gasteiger partial charge >= 0.3 is 0 Å². The average Bonchev–Trinajstić information content (AvgIpc) is 2.98. The largest absolute Gasteiger partial charge is 0.339 e. The molecule has 3 rings (SSSR count). The quantitative estimate of drug-likeness (QED) is 0.784. The summed E-state index contributed by atoms with van der Waals surface area (Å²) in [4.78, 5) is 4.27. The summed E-state index contributed by atoms with van der Waals surface area (Å²) in [7, 11) is -3.72. The number of benzene rings is 2. The molecule has 0 aliphatic rings. The van der Waals surface area contributed by atoms with E-state index < -0.39 is 10.0 Å². The van der Waals surface area contributed by atoms with E-state index in [1.165, 1.54) is 12.1 Å². The minimum Gasteiger partial charge on any atom is -0.339 e. The highest BCUT2D eigenvalue weighted by Gasteiger charge is 2.18. The fraction of sp³-hybridized carbons (Fsp3) is 0.176. The molecule has 0 amide bonds. The maximum absolute atomic E-state index is 12.7. The van der Waals surface area contributed by atoms with Crippen LogP contribution in [-0.2, 0) is 10.0 Å². The van der Waals surface area contributed by atoms with Crippen molar-refractivity contribution in [3.63, 3.8) is 0 Å². The molecule has 1 N–H and O–H groups in total. The van der Waals surface area contributed by atoms with Gasteiger partial charge in [-0.05, 0) is 37.1 Å². The minimum absolute atomic E-state index is 0.144. The first kappa shape index (κ1) is 16.2. The van der Waals surface area contributed by atoms with Crippen LogP contribution in [0, 0.1) is 20.8 Å². The highest BCUT2D eigenvalue weighted by Crippen LogP contribution is 2.25. The summed E-state index contributed by atoms with van der Waals surface area (Å²) < 4.78 is 33.0. The molecular weight excluding hydrogens is 326 g/mol. The number of hydrogen-bond acceptors (Lipinski definition) is 5. The van der Waals surface area contributed by atoms with Crippen LogP contribution in [0.5, 0.6) is 0 Å². The van der Waals surface area contributed by atoms with Crippen LogP contribution in [-0.4, -0.2) is 18.6 Å². The lowest BCUT2D eigenvalue weighted by molar-refractivity contribution is 0.394. The average molecular weight is 343 g/mol. The van der Waals surface area contributed by atoms with Crippen LogP contribution in [0.25, 0.3) is 11.4 Å². The summed E-state index contributed by atoms with van der Waals surface area (Å²) in [6.07, 6.45) is 0.